The van der Waals surface area contributed by atoms with Crippen molar-refractivity contribution in [1.82, 2.24) is 0 Å². The quantitative estimate of drug-likeness (QED) is 0.0507. The van der Waals surface area contributed by atoms with E-state index in [2.05, 4.69) is 10.2 Å². The molecule has 2 rings (SSSR count). The Bertz CT molecular complexity index is 1040. The van der Waals surface area contributed by atoms with Gasteiger partial charge in [-0.2, -0.15) is 13.2 Å². The van der Waals surface area contributed by atoms with Crippen LogP contribution in [0.25, 0.3) is 0 Å². The van der Waals surface area contributed by atoms with Crippen LogP contribution in [0.1, 0.15) is 63.4 Å². The number of alkyl halides is 3. The number of unbranched alkanes of at least 4 members (excludes halogenated alkanes) is 8. The zero-order valence-electron chi connectivity index (χ0n) is 25.6. The number of likely N-dealkylation sites (N-methyl/N-ethyl adjacent to an activating group) is 1. The predicted octanol–water partition coefficient (Wildman–Crippen LogP) is 6.60. The van der Waals surface area contributed by atoms with E-state index >= 15 is 0 Å². The lowest BCUT2D eigenvalue weighted by atomic mass is 10.0. The first kappa shape index (κ1) is 38.3. The van der Waals surface area contributed by atoms with Gasteiger partial charge in [-0.15, -0.1) is 10.2 Å². The number of nitrogens with zero attached hydrogens (tertiary/aromatic N) is 3. The molecule has 0 N–H and O–H groups in total. The van der Waals surface area contributed by atoms with E-state index in [1.807, 2.05) is 43.7 Å². The van der Waals surface area contributed by atoms with E-state index in [0.29, 0.717) is 33.6 Å². The second kappa shape index (κ2) is 18.3. The van der Waals surface area contributed by atoms with Crippen LogP contribution in [-0.2, 0) is 28.7 Å². The van der Waals surface area contributed by atoms with Crippen LogP contribution >= 0.6 is 30.4 Å². The van der Waals surface area contributed by atoms with Crippen LogP contribution in [0.2, 0.25) is 0 Å². The van der Waals surface area contributed by atoms with E-state index in [4.69, 9.17) is 23.3 Å². The predicted molar refractivity (Wildman–Crippen MR) is 163 cm³/mol. The fraction of sp³-hybridized carbons (Fsp3) is 0.786. The molecule has 0 saturated heterocycles. The van der Waals surface area contributed by atoms with Gasteiger partial charge in [0.25, 0.3) is 7.82 Å². The lowest BCUT2D eigenvalue weighted by Gasteiger charge is -2.28. The third-order valence-electron chi connectivity index (χ3n) is 6.79. The Labute approximate surface area is 267 Å². The van der Waals surface area contributed by atoms with E-state index in [1.165, 1.54) is 19.2 Å². The van der Waals surface area contributed by atoms with Gasteiger partial charge >= 0.3 is 11.8 Å². The van der Waals surface area contributed by atoms with Gasteiger partial charge in [0.05, 0.1) is 44.5 Å². The molecule has 43 heavy (non-hydrogen) atoms. The van der Waals surface area contributed by atoms with Crippen LogP contribution in [0.15, 0.2) is 28.4 Å². The number of halogens is 4. The number of benzene rings is 1. The summed E-state index contributed by atoms with van der Waals surface area (Å²) in [6.45, 7) is 1.78. The summed E-state index contributed by atoms with van der Waals surface area (Å²) in [4.78, 5) is 11.9. The number of ether oxygens (including phenoxy) is 3. The Kier molecular flexibility index (Phi) is 16.3. The summed E-state index contributed by atoms with van der Waals surface area (Å²) >= 11 is 1.98. The lowest BCUT2D eigenvalue weighted by molar-refractivity contribution is -0.870. The van der Waals surface area contributed by atoms with Gasteiger partial charge in [0.15, 0.2) is 0 Å². The number of phosphoric ester groups is 1. The lowest BCUT2D eigenvalue weighted by Crippen LogP contribution is -2.37. The number of rotatable bonds is 24. The molecular weight excluding hydrogens is 705 g/mol. The maximum atomic E-state index is 13.2. The molecule has 10 nitrogen and oxygen atoms in total. The summed E-state index contributed by atoms with van der Waals surface area (Å²) in [6, 6.07) is 4.37. The average Bonchev–Trinajstić information content (AvgIpc) is 3.73. The summed E-state index contributed by atoms with van der Waals surface area (Å²) in [5, 5.41) is 6.48. The molecule has 2 unspecified atom stereocenters. The minimum absolute atomic E-state index is 0.0117. The Morgan fingerprint density at radius 1 is 0.930 bits per heavy atom. The molecule has 0 aromatic heterocycles. The van der Waals surface area contributed by atoms with Crippen molar-refractivity contribution in [3.8, 4) is 5.75 Å². The molecule has 1 heterocycles. The maximum absolute atomic E-state index is 13.2. The molecule has 1 aromatic carbocycles. The number of quaternary nitrogens is 1. The number of phosphoric acid groups is 1. The monoisotopic (exact) mass is 751 g/mol. The van der Waals surface area contributed by atoms with E-state index in [1.54, 1.807) is 6.07 Å². The fourth-order valence-corrected chi connectivity index (χ4v) is 5.44. The molecule has 1 aromatic rings. The molecule has 1 aliphatic heterocycles. The van der Waals surface area contributed by atoms with Gasteiger partial charge in [-0.1, -0.05) is 51.0 Å². The van der Waals surface area contributed by atoms with E-state index in [0.717, 1.165) is 57.8 Å². The Balaban J connectivity index is 1.42. The highest BCUT2D eigenvalue weighted by atomic mass is 127. The zero-order valence-corrected chi connectivity index (χ0v) is 28.6. The van der Waals surface area contributed by atoms with E-state index in [9.17, 15) is 22.6 Å². The summed E-state index contributed by atoms with van der Waals surface area (Å²) < 4.78 is 79.1. The van der Waals surface area contributed by atoms with Crippen molar-refractivity contribution in [3.63, 3.8) is 0 Å². The third kappa shape index (κ3) is 14.8. The van der Waals surface area contributed by atoms with Gasteiger partial charge in [0, 0.05) is 19.3 Å². The number of hydrogen-bond acceptors (Lipinski definition) is 9. The van der Waals surface area contributed by atoms with E-state index < -0.39 is 25.8 Å². The van der Waals surface area contributed by atoms with Gasteiger partial charge < -0.3 is 32.6 Å². The highest BCUT2D eigenvalue weighted by Crippen LogP contribution is 2.52. The van der Waals surface area contributed by atoms with Crippen molar-refractivity contribution in [1.29, 1.82) is 0 Å². The molecule has 0 radical (unpaired) electrons. The fourth-order valence-electron chi connectivity index (χ4n) is 4.04. The van der Waals surface area contributed by atoms with Crippen molar-refractivity contribution >= 4 is 30.4 Å². The average molecular weight is 752 g/mol. The van der Waals surface area contributed by atoms with E-state index in [-0.39, 0.29) is 25.4 Å². The van der Waals surface area contributed by atoms with Crippen LogP contribution in [0.4, 0.5) is 13.2 Å². The van der Waals surface area contributed by atoms with Crippen molar-refractivity contribution < 1.29 is 50.4 Å². The first-order valence-electron chi connectivity index (χ1n) is 14.6. The SMILES string of the molecule is COC(COCCCCCCCCCCCOc1ccc(C2(C(F)(F)F)N=N2)cc1I)COP(=O)([O-])OCC[N+](C)(C)C. The summed E-state index contributed by atoms with van der Waals surface area (Å²) in [7, 11) is 2.94. The smallest absolute Gasteiger partial charge is 0.442 e. The molecule has 0 fully saturated rings. The normalized spacial score (nSPS) is 16.7. The summed E-state index contributed by atoms with van der Waals surface area (Å²) in [5.74, 6) is 0.571. The molecule has 0 spiro atoms. The molecule has 248 valence electrons. The van der Waals surface area contributed by atoms with Crippen LogP contribution in [-0.4, -0.2) is 84.6 Å². The van der Waals surface area contributed by atoms with Crippen molar-refractivity contribution in [2.24, 2.45) is 10.2 Å². The molecule has 1 aliphatic rings. The van der Waals surface area contributed by atoms with Crippen molar-refractivity contribution in [2.75, 3.05) is 67.8 Å². The second-order valence-corrected chi connectivity index (χ2v) is 14.1. The molecule has 0 saturated carbocycles. The Morgan fingerprint density at radius 3 is 2.02 bits per heavy atom. The Morgan fingerprint density at radius 2 is 1.51 bits per heavy atom. The highest BCUT2D eigenvalue weighted by Gasteiger charge is 2.65. The topological polar surface area (TPSA) is 111 Å². The molecule has 2 atom stereocenters. The zero-order chi connectivity index (χ0) is 32.0. The van der Waals surface area contributed by atoms with Crippen LogP contribution in [0, 0.1) is 3.57 Å². The van der Waals surface area contributed by atoms with Crippen molar-refractivity contribution in [3.05, 3.63) is 27.3 Å². The molecular formula is C28H46F3IN3O7P. The van der Waals surface area contributed by atoms with Crippen LogP contribution in [0.5, 0.6) is 5.75 Å². The second-order valence-electron chi connectivity index (χ2n) is 11.6. The largest absolute Gasteiger partial charge is 0.756 e. The van der Waals surface area contributed by atoms with Gasteiger partial charge in [-0.3, -0.25) is 4.57 Å². The van der Waals surface area contributed by atoms with Crippen LogP contribution < -0.4 is 9.63 Å². The number of methoxy groups -OCH3 is 1. The molecule has 0 aliphatic carbocycles. The minimum Gasteiger partial charge on any atom is -0.756 e. The standard InChI is InChI=1S/C28H46F3IN3O7P/c1-35(2,3)16-19-41-43(36,37)42-22-24(38-4)21-39-17-12-10-8-6-5-7-9-11-13-18-40-26-15-14-23(20-25(26)32)27(33-34-27)28(29,30)31/h14-15,20,24H,5-13,16-19,21-22H2,1-4H3. The minimum atomic E-state index is -4.53. The van der Waals surface area contributed by atoms with Gasteiger partial charge in [-0.05, 0) is 47.6 Å². The van der Waals surface area contributed by atoms with Gasteiger partial charge in [-0.25, -0.2) is 0 Å². The highest BCUT2D eigenvalue weighted by molar-refractivity contribution is 14.1. The summed E-state index contributed by atoms with van der Waals surface area (Å²) in [6.07, 6.45) is 4.56. The van der Waals surface area contributed by atoms with Crippen molar-refractivity contribution in [2.45, 2.75) is 75.7 Å². The molecule has 0 amide bonds. The maximum Gasteiger partial charge on any atom is 0.442 e. The first-order chi connectivity index (χ1) is 20.2. The summed E-state index contributed by atoms with van der Waals surface area (Å²) in [5.41, 5.74) is -2.39. The first-order valence-corrected chi connectivity index (χ1v) is 17.2. The third-order valence-corrected chi connectivity index (χ3v) is 8.59. The molecule has 0 bridgehead atoms. The number of hydrogen-bond donors (Lipinski definition) is 0. The van der Waals surface area contributed by atoms with Gasteiger partial charge in [0.2, 0.25) is 0 Å². The van der Waals surface area contributed by atoms with Crippen LogP contribution in [0.3, 0.4) is 0 Å². The molecule has 15 heteroatoms. The Hall–Kier alpha value is -0.870. The van der Waals surface area contributed by atoms with Gasteiger partial charge in [0.1, 0.15) is 25.0 Å².